The van der Waals surface area contributed by atoms with Crippen LogP contribution >= 0.6 is 0 Å². The number of hydrogen-bond donors (Lipinski definition) is 2. The number of fused-ring (bicyclic) bond motifs is 1. The molecule has 0 saturated carbocycles. The first-order valence-corrected chi connectivity index (χ1v) is 3.83. The molecule has 0 saturated heterocycles. The average molecular weight is 187 g/mol. The van der Waals surface area contributed by atoms with Crippen molar-refractivity contribution in [3.05, 3.63) is 29.6 Å². The molecular formula is C9H5N3O2. The SMILES string of the molecule is N#Cc1c(C(=O)O)ccc2[nH]cnc12. The van der Waals surface area contributed by atoms with Gasteiger partial charge in [-0.2, -0.15) is 5.26 Å². The van der Waals surface area contributed by atoms with E-state index in [1.807, 2.05) is 6.07 Å². The molecule has 0 aliphatic heterocycles. The lowest BCUT2D eigenvalue weighted by Gasteiger charge is -1.97. The first kappa shape index (κ1) is 8.26. The van der Waals surface area contributed by atoms with Crippen molar-refractivity contribution in [2.75, 3.05) is 0 Å². The minimum Gasteiger partial charge on any atom is -0.478 e. The summed E-state index contributed by atoms with van der Waals surface area (Å²) < 4.78 is 0. The molecule has 1 aromatic heterocycles. The molecule has 1 heterocycles. The molecule has 0 aliphatic carbocycles. The van der Waals surface area contributed by atoms with Crippen molar-refractivity contribution in [3.8, 4) is 6.07 Å². The van der Waals surface area contributed by atoms with Crippen molar-refractivity contribution >= 4 is 17.0 Å². The lowest BCUT2D eigenvalue weighted by atomic mass is 10.1. The number of nitriles is 1. The highest BCUT2D eigenvalue weighted by Gasteiger charge is 2.14. The van der Waals surface area contributed by atoms with Gasteiger partial charge in [-0.25, -0.2) is 9.78 Å². The number of H-pyrrole nitrogens is 1. The Hall–Kier alpha value is -2.35. The van der Waals surface area contributed by atoms with E-state index < -0.39 is 5.97 Å². The van der Waals surface area contributed by atoms with E-state index in [1.54, 1.807) is 6.07 Å². The fourth-order valence-electron chi connectivity index (χ4n) is 1.30. The van der Waals surface area contributed by atoms with E-state index in [0.717, 1.165) is 0 Å². The number of benzene rings is 1. The zero-order valence-electron chi connectivity index (χ0n) is 6.98. The van der Waals surface area contributed by atoms with Crippen molar-refractivity contribution in [3.63, 3.8) is 0 Å². The van der Waals surface area contributed by atoms with E-state index in [-0.39, 0.29) is 11.1 Å². The fraction of sp³-hybridized carbons (Fsp3) is 0. The molecule has 0 amide bonds. The average Bonchev–Trinajstić information content (AvgIpc) is 2.63. The van der Waals surface area contributed by atoms with Crippen LogP contribution in [-0.2, 0) is 0 Å². The highest BCUT2D eigenvalue weighted by Crippen LogP contribution is 2.18. The van der Waals surface area contributed by atoms with Gasteiger partial charge in [-0.3, -0.25) is 0 Å². The van der Waals surface area contributed by atoms with Crippen molar-refractivity contribution in [2.45, 2.75) is 0 Å². The maximum atomic E-state index is 10.8. The highest BCUT2D eigenvalue weighted by atomic mass is 16.4. The molecule has 2 rings (SSSR count). The normalized spacial score (nSPS) is 9.93. The first-order valence-electron chi connectivity index (χ1n) is 3.83. The van der Waals surface area contributed by atoms with Gasteiger partial charge in [0.2, 0.25) is 0 Å². The van der Waals surface area contributed by atoms with E-state index in [0.29, 0.717) is 11.0 Å². The molecule has 0 aliphatic rings. The summed E-state index contributed by atoms with van der Waals surface area (Å²) in [5, 5.41) is 17.6. The topological polar surface area (TPSA) is 89.8 Å². The maximum absolute atomic E-state index is 10.8. The largest absolute Gasteiger partial charge is 0.478 e. The molecule has 0 bridgehead atoms. The second-order valence-corrected chi connectivity index (χ2v) is 2.70. The number of rotatable bonds is 1. The summed E-state index contributed by atoms with van der Waals surface area (Å²) in [7, 11) is 0. The number of carboxylic acid groups (broad SMARTS) is 1. The van der Waals surface area contributed by atoms with Gasteiger partial charge in [-0.15, -0.1) is 0 Å². The summed E-state index contributed by atoms with van der Waals surface area (Å²) in [5.41, 5.74) is 1.13. The van der Waals surface area contributed by atoms with Crippen LogP contribution < -0.4 is 0 Å². The molecule has 0 radical (unpaired) electrons. The van der Waals surface area contributed by atoms with Crippen LogP contribution in [0.5, 0.6) is 0 Å². The molecule has 68 valence electrons. The standard InChI is InChI=1S/C9H5N3O2/c10-3-6-5(9(13)14)1-2-7-8(6)12-4-11-7/h1-2,4H,(H,11,12)(H,13,14). The fourth-order valence-corrected chi connectivity index (χ4v) is 1.30. The third-order valence-electron chi connectivity index (χ3n) is 1.93. The number of aromatic carboxylic acids is 1. The van der Waals surface area contributed by atoms with Gasteiger partial charge in [-0.1, -0.05) is 0 Å². The summed E-state index contributed by atoms with van der Waals surface area (Å²) in [6.07, 6.45) is 1.43. The Balaban J connectivity index is 2.87. The Morgan fingerprint density at radius 2 is 2.36 bits per heavy atom. The highest BCUT2D eigenvalue weighted by molar-refractivity contribution is 5.97. The zero-order chi connectivity index (χ0) is 10.1. The Labute approximate surface area is 78.6 Å². The Morgan fingerprint density at radius 1 is 1.57 bits per heavy atom. The molecule has 0 unspecified atom stereocenters. The lowest BCUT2D eigenvalue weighted by molar-refractivity contribution is 0.0696. The Kier molecular flexibility index (Phi) is 1.68. The minimum absolute atomic E-state index is 0.0212. The monoisotopic (exact) mass is 187 g/mol. The van der Waals surface area contributed by atoms with E-state index in [1.165, 1.54) is 12.4 Å². The van der Waals surface area contributed by atoms with E-state index in [9.17, 15) is 4.79 Å². The lowest BCUT2D eigenvalue weighted by Crippen LogP contribution is -2.00. The summed E-state index contributed by atoms with van der Waals surface area (Å²) >= 11 is 0. The third-order valence-corrected chi connectivity index (χ3v) is 1.93. The van der Waals surface area contributed by atoms with Crippen LogP contribution in [0, 0.1) is 11.3 Å². The molecule has 0 fully saturated rings. The molecule has 14 heavy (non-hydrogen) atoms. The molecule has 5 heteroatoms. The number of hydrogen-bond acceptors (Lipinski definition) is 3. The van der Waals surface area contributed by atoms with Crippen LogP contribution in [0.2, 0.25) is 0 Å². The number of aromatic nitrogens is 2. The third kappa shape index (κ3) is 1.02. The van der Waals surface area contributed by atoms with Gasteiger partial charge in [0.15, 0.2) is 0 Å². The van der Waals surface area contributed by atoms with Gasteiger partial charge in [0.05, 0.1) is 23.0 Å². The van der Waals surface area contributed by atoms with Crippen molar-refractivity contribution in [1.29, 1.82) is 5.26 Å². The van der Waals surface area contributed by atoms with E-state index in [2.05, 4.69) is 9.97 Å². The van der Waals surface area contributed by atoms with E-state index >= 15 is 0 Å². The van der Waals surface area contributed by atoms with Crippen LogP contribution in [0.15, 0.2) is 18.5 Å². The Morgan fingerprint density at radius 3 is 3.00 bits per heavy atom. The molecular weight excluding hydrogens is 182 g/mol. The minimum atomic E-state index is -1.12. The van der Waals surface area contributed by atoms with Gasteiger partial charge in [0.1, 0.15) is 11.6 Å². The number of nitrogens with one attached hydrogen (secondary N) is 1. The molecule has 5 nitrogen and oxygen atoms in total. The summed E-state index contributed by atoms with van der Waals surface area (Å²) in [6.45, 7) is 0. The summed E-state index contributed by atoms with van der Waals surface area (Å²) in [5.74, 6) is -1.12. The number of nitrogens with zero attached hydrogens (tertiary/aromatic N) is 2. The number of aromatic amines is 1. The van der Waals surface area contributed by atoms with Crippen LogP contribution in [0.3, 0.4) is 0 Å². The molecule has 1 aromatic carbocycles. The smallest absolute Gasteiger partial charge is 0.337 e. The summed E-state index contributed by atoms with van der Waals surface area (Å²) in [6, 6.07) is 4.82. The van der Waals surface area contributed by atoms with Crippen molar-refractivity contribution in [1.82, 2.24) is 9.97 Å². The van der Waals surface area contributed by atoms with Crippen LogP contribution in [0.25, 0.3) is 11.0 Å². The van der Waals surface area contributed by atoms with Crippen LogP contribution in [0.4, 0.5) is 0 Å². The van der Waals surface area contributed by atoms with Crippen LogP contribution in [-0.4, -0.2) is 21.0 Å². The number of carbonyl (C=O) groups is 1. The van der Waals surface area contributed by atoms with Crippen molar-refractivity contribution in [2.24, 2.45) is 0 Å². The zero-order valence-corrected chi connectivity index (χ0v) is 6.98. The summed E-state index contributed by atoms with van der Waals surface area (Å²) in [4.78, 5) is 17.5. The van der Waals surface area contributed by atoms with E-state index in [4.69, 9.17) is 10.4 Å². The Bertz CT molecular complexity index is 551. The van der Waals surface area contributed by atoms with Crippen molar-refractivity contribution < 1.29 is 9.90 Å². The van der Waals surface area contributed by atoms with Gasteiger partial charge in [-0.05, 0) is 12.1 Å². The number of carboxylic acids is 1. The molecule has 2 aromatic rings. The maximum Gasteiger partial charge on any atom is 0.337 e. The van der Waals surface area contributed by atoms with Gasteiger partial charge in [0, 0.05) is 0 Å². The molecule has 2 N–H and O–H groups in total. The predicted molar refractivity (Wildman–Crippen MR) is 47.8 cm³/mol. The first-order chi connectivity index (χ1) is 6.74. The van der Waals surface area contributed by atoms with Gasteiger partial charge in [0.25, 0.3) is 0 Å². The molecule has 0 spiro atoms. The number of imidazole rings is 1. The molecule has 0 atom stereocenters. The van der Waals surface area contributed by atoms with Crippen LogP contribution in [0.1, 0.15) is 15.9 Å². The quantitative estimate of drug-likeness (QED) is 0.700. The second kappa shape index (κ2) is 2.85. The van der Waals surface area contributed by atoms with Gasteiger partial charge < -0.3 is 10.1 Å². The second-order valence-electron chi connectivity index (χ2n) is 2.70. The predicted octanol–water partition coefficient (Wildman–Crippen LogP) is 1.13. The van der Waals surface area contributed by atoms with Gasteiger partial charge >= 0.3 is 5.97 Å².